The van der Waals surface area contributed by atoms with Gasteiger partial charge in [0, 0.05) is 61.8 Å². The number of rotatable bonds is 6. The minimum Gasteiger partial charge on any atom is -0.456 e. The van der Waals surface area contributed by atoms with Crippen LogP contribution in [-0.2, 0) is 6.42 Å². The van der Waals surface area contributed by atoms with Gasteiger partial charge in [-0.05, 0) is 42.7 Å². The predicted molar refractivity (Wildman–Crippen MR) is 132 cm³/mol. The van der Waals surface area contributed by atoms with E-state index in [0.29, 0.717) is 38.5 Å². The molecule has 174 valence electrons. The topological polar surface area (TPSA) is 94.7 Å². The first-order valence-corrected chi connectivity index (χ1v) is 11.5. The molecule has 2 aromatic heterocycles. The number of hydrogen-bond acceptors (Lipinski definition) is 6. The summed E-state index contributed by atoms with van der Waals surface area (Å²) in [7, 11) is 0. The highest BCUT2D eigenvalue weighted by Gasteiger charge is 2.23. The molecule has 3 heterocycles. The van der Waals surface area contributed by atoms with Gasteiger partial charge >= 0.3 is 6.03 Å². The molecule has 2 N–H and O–H groups in total. The van der Waals surface area contributed by atoms with Gasteiger partial charge in [-0.3, -0.25) is 0 Å². The zero-order valence-electron chi connectivity index (χ0n) is 18.9. The first kappa shape index (κ1) is 21.9. The summed E-state index contributed by atoms with van der Waals surface area (Å²) >= 11 is 0. The highest BCUT2D eigenvalue weighted by Crippen LogP contribution is 2.29. The third-order valence-electron chi connectivity index (χ3n) is 5.99. The Hall–Kier alpha value is -3.91. The van der Waals surface area contributed by atoms with Crippen molar-refractivity contribution in [2.24, 2.45) is 0 Å². The van der Waals surface area contributed by atoms with E-state index in [1.807, 2.05) is 67.0 Å². The van der Waals surface area contributed by atoms with E-state index in [-0.39, 0.29) is 12.6 Å². The van der Waals surface area contributed by atoms with Crippen LogP contribution in [0.15, 0.2) is 71.4 Å². The summed E-state index contributed by atoms with van der Waals surface area (Å²) in [6.07, 6.45) is 5.10. The third kappa shape index (κ3) is 4.87. The molecule has 1 fully saturated rings. The number of benzene rings is 2. The lowest BCUT2D eigenvalue weighted by Crippen LogP contribution is -2.50. The Kier molecular flexibility index (Phi) is 6.40. The fraction of sp³-hybridized carbons (Fsp3) is 0.269. The van der Waals surface area contributed by atoms with Crippen molar-refractivity contribution in [3.8, 4) is 11.3 Å². The summed E-state index contributed by atoms with van der Waals surface area (Å²) in [5.41, 5.74) is 3.56. The highest BCUT2D eigenvalue weighted by atomic mass is 16.3. The van der Waals surface area contributed by atoms with Gasteiger partial charge in [0.1, 0.15) is 11.3 Å². The Morgan fingerprint density at radius 2 is 1.76 bits per heavy atom. The number of aromatic nitrogens is 2. The summed E-state index contributed by atoms with van der Waals surface area (Å²) in [4.78, 5) is 25.6. The number of hydrogen-bond donors (Lipinski definition) is 2. The van der Waals surface area contributed by atoms with Gasteiger partial charge in [0.05, 0.1) is 0 Å². The van der Waals surface area contributed by atoms with E-state index in [1.54, 1.807) is 4.90 Å². The maximum atomic E-state index is 12.8. The number of aliphatic hydroxyl groups excluding tert-OH is 1. The molecule has 0 spiro atoms. The number of aliphatic hydroxyl groups is 1. The van der Waals surface area contributed by atoms with E-state index in [1.165, 1.54) is 0 Å². The minimum absolute atomic E-state index is 0.119. The number of carbonyl (C=O) groups is 1. The summed E-state index contributed by atoms with van der Waals surface area (Å²) in [5.74, 6) is 1.48. The molecule has 1 aliphatic rings. The molecule has 34 heavy (non-hydrogen) atoms. The molecule has 0 atom stereocenters. The first-order chi connectivity index (χ1) is 16.7. The van der Waals surface area contributed by atoms with Gasteiger partial charge in [0.25, 0.3) is 0 Å². The molecule has 5 rings (SSSR count). The summed E-state index contributed by atoms with van der Waals surface area (Å²) in [6.45, 7) is 2.69. The van der Waals surface area contributed by atoms with Crippen LogP contribution < -0.4 is 10.2 Å². The lowest BCUT2D eigenvalue weighted by Gasteiger charge is -2.34. The van der Waals surface area contributed by atoms with Crippen LogP contribution in [0, 0.1) is 0 Å². The van der Waals surface area contributed by atoms with Crippen molar-refractivity contribution >= 4 is 28.6 Å². The van der Waals surface area contributed by atoms with E-state index in [0.717, 1.165) is 40.0 Å². The number of anilines is 2. The third-order valence-corrected chi connectivity index (χ3v) is 5.99. The number of urea groups is 1. The maximum Gasteiger partial charge on any atom is 0.321 e. The van der Waals surface area contributed by atoms with Gasteiger partial charge in [-0.25, -0.2) is 14.8 Å². The fourth-order valence-corrected chi connectivity index (χ4v) is 4.10. The van der Waals surface area contributed by atoms with Crippen LogP contribution in [0.4, 0.5) is 16.4 Å². The van der Waals surface area contributed by atoms with Gasteiger partial charge in [0.2, 0.25) is 5.95 Å². The molecule has 0 saturated carbocycles. The molecule has 1 saturated heterocycles. The molecular formula is C26H27N5O3. The Morgan fingerprint density at radius 1 is 1.00 bits per heavy atom. The van der Waals surface area contributed by atoms with Crippen molar-refractivity contribution < 1.29 is 14.3 Å². The monoisotopic (exact) mass is 457 g/mol. The molecule has 0 aliphatic carbocycles. The van der Waals surface area contributed by atoms with E-state index in [9.17, 15) is 4.79 Å². The van der Waals surface area contributed by atoms with Gasteiger partial charge in [-0.2, -0.15) is 0 Å². The number of fused-ring (bicyclic) bond motifs is 1. The summed E-state index contributed by atoms with van der Waals surface area (Å²) in [5, 5.41) is 12.9. The molecular weight excluding hydrogens is 430 g/mol. The van der Waals surface area contributed by atoms with Gasteiger partial charge in [0.15, 0.2) is 0 Å². The molecule has 0 bridgehead atoms. The maximum absolute atomic E-state index is 12.8. The fourth-order valence-electron chi connectivity index (χ4n) is 4.10. The second kappa shape index (κ2) is 9.93. The van der Waals surface area contributed by atoms with Crippen molar-refractivity contribution in [3.63, 3.8) is 0 Å². The quantitative estimate of drug-likeness (QED) is 0.451. The van der Waals surface area contributed by atoms with Gasteiger partial charge in [-0.1, -0.05) is 30.3 Å². The SMILES string of the molecule is O=C(Nc1ccc2oc(-c3ccccc3)cc2c1)N1CCN(c2ncc(CCCO)cn2)CC1. The zero-order valence-corrected chi connectivity index (χ0v) is 18.9. The van der Waals surface area contributed by atoms with E-state index < -0.39 is 0 Å². The summed E-state index contributed by atoms with van der Waals surface area (Å²) in [6, 6.07) is 17.5. The number of amides is 2. The van der Waals surface area contributed by atoms with Crippen LogP contribution in [0.25, 0.3) is 22.3 Å². The molecule has 4 aromatic rings. The average Bonchev–Trinajstić information content (AvgIpc) is 3.32. The number of piperazine rings is 1. The number of furan rings is 1. The predicted octanol–water partition coefficient (Wildman–Crippen LogP) is 4.17. The number of carbonyl (C=O) groups excluding carboxylic acids is 1. The smallest absolute Gasteiger partial charge is 0.321 e. The first-order valence-electron chi connectivity index (χ1n) is 11.5. The number of nitrogens with zero attached hydrogens (tertiary/aromatic N) is 4. The lowest BCUT2D eigenvalue weighted by molar-refractivity contribution is 0.208. The molecule has 8 nitrogen and oxygen atoms in total. The summed E-state index contributed by atoms with van der Waals surface area (Å²) < 4.78 is 5.96. The number of nitrogens with one attached hydrogen (secondary N) is 1. The molecule has 2 amide bonds. The molecule has 8 heteroatoms. The normalized spacial score (nSPS) is 13.9. The Balaban J connectivity index is 1.18. The Bertz CT molecular complexity index is 1250. The van der Waals surface area contributed by atoms with Crippen LogP contribution >= 0.6 is 0 Å². The number of aryl methyl sites for hydroxylation is 1. The average molecular weight is 458 g/mol. The lowest BCUT2D eigenvalue weighted by atomic mass is 10.1. The highest BCUT2D eigenvalue weighted by molar-refractivity contribution is 5.93. The van der Waals surface area contributed by atoms with Crippen molar-refractivity contribution in [1.82, 2.24) is 14.9 Å². The van der Waals surface area contributed by atoms with Crippen molar-refractivity contribution in [2.75, 3.05) is 43.0 Å². The van der Waals surface area contributed by atoms with Crippen molar-refractivity contribution in [3.05, 3.63) is 72.6 Å². The van der Waals surface area contributed by atoms with Crippen LogP contribution in [-0.4, -0.2) is 58.8 Å². The molecule has 0 radical (unpaired) electrons. The van der Waals surface area contributed by atoms with Crippen LogP contribution in [0.5, 0.6) is 0 Å². The second-order valence-corrected chi connectivity index (χ2v) is 8.35. The molecule has 2 aromatic carbocycles. The Morgan fingerprint density at radius 3 is 2.50 bits per heavy atom. The molecule has 0 unspecified atom stereocenters. The minimum atomic E-state index is -0.119. The van der Waals surface area contributed by atoms with E-state index in [4.69, 9.17) is 9.52 Å². The second-order valence-electron chi connectivity index (χ2n) is 8.35. The molecule has 1 aliphatic heterocycles. The zero-order chi connectivity index (χ0) is 23.3. The Labute approximate surface area is 197 Å². The standard InChI is InChI=1S/C26H27N5O3/c32-14-4-5-19-17-27-25(28-18-19)30-10-12-31(13-11-30)26(33)29-22-8-9-23-21(15-22)16-24(34-23)20-6-2-1-3-7-20/h1-3,6-9,15-18,32H,4-5,10-14H2,(H,29,33). The largest absolute Gasteiger partial charge is 0.456 e. The van der Waals surface area contributed by atoms with Crippen molar-refractivity contribution in [2.45, 2.75) is 12.8 Å². The van der Waals surface area contributed by atoms with E-state index >= 15 is 0 Å². The van der Waals surface area contributed by atoms with Crippen molar-refractivity contribution in [1.29, 1.82) is 0 Å². The van der Waals surface area contributed by atoms with E-state index in [2.05, 4.69) is 20.2 Å². The van der Waals surface area contributed by atoms with Crippen LogP contribution in [0.3, 0.4) is 0 Å². The van der Waals surface area contributed by atoms with Gasteiger partial charge in [-0.15, -0.1) is 0 Å². The van der Waals surface area contributed by atoms with Gasteiger partial charge < -0.3 is 24.6 Å². The van der Waals surface area contributed by atoms with Crippen LogP contribution in [0.2, 0.25) is 0 Å². The van der Waals surface area contributed by atoms with Crippen LogP contribution in [0.1, 0.15) is 12.0 Å².